The van der Waals surface area contributed by atoms with Crippen molar-refractivity contribution in [1.29, 1.82) is 0 Å². The molecule has 0 amide bonds. The fourth-order valence-electron chi connectivity index (χ4n) is 3.16. The van der Waals surface area contributed by atoms with E-state index in [0.29, 0.717) is 0 Å². The Balaban J connectivity index is 1.91. The van der Waals surface area contributed by atoms with Gasteiger partial charge in [-0.3, -0.25) is 0 Å². The van der Waals surface area contributed by atoms with Gasteiger partial charge in [-0.2, -0.15) is 0 Å². The third-order valence-electron chi connectivity index (χ3n) is 4.46. The summed E-state index contributed by atoms with van der Waals surface area (Å²) in [6.07, 6.45) is 6.62. The molecule has 2 rings (SSSR count). The van der Waals surface area contributed by atoms with Crippen molar-refractivity contribution in [3.05, 3.63) is 28.2 Å². The van der Waals surface area contributed by atoms with E-state index in [9.17, 15) is 0 Å². The molecule has 1 aromatic rings. The van der Waals surface area contributed by atoms with Crippen molar-refractivity contribution in [2.45, 2.75) is 52.5 Å². The van der Waals surface area contributed by atoms with Crippen molar-refractivity contribution >= 4 is 21.6 Å². The number of rotatable bonds is 7. The highest BCUT2D eigenvalue weighted by Gasteiger charge is 2.19. The smallest absolute Gasteiger partial charge is 0.0377 e. The largest absolute Gasteiger partial charge is 0.371 e. The second kappa shape index (κ2) is 8.79. The van der Waals surface area contributed by atoms with Crippen LogP contribution >= 0.6 is 15.9 Å². The summed E-state index contributed by atoms with van der Waals surface area (Å²) in [5, 5.41) is 3.47. The number of piperidine rings is 1. The van der Waals surface area contributed by atoms with Gasteiger partial charge < -0.3 is 10.2 Å². The van der Waals surface area contributed by atoms with Crippen LogP contribution in [-0.2, 0) is 6.54 Å². The van der Waals surface area contributed by atoms with Crippen LogP contribution in [0.1, 0.15) is 51.5 Å². The molecule has 1 aromatic carbocycles. The lowest BCUT2D eigenvalue weighted by molar-refractivity contribution is 0.378. The van der Waals surface area contributed by atoms with Crippen LogP contribution in [0.4, 0.5) is 5.69 Å². The van der Waals surface area contributed by atoms with Crippen LogP contribution in [0.5, 0.6) is 0 Å². The molecule has 0 atom stereocenters. The lowest BCUT2D eigenvalue weighted by atomic mass is 9.92. The van der Waals surface area contributed by atoms with Crippen LogP contribution in [-0.4, -0.2) is 19.6 Å². The van der Waals surface area contributed by atoms with Gasteiger partial charge in [-0.05, 0) is 49.4 Å². The Morgan fingerprint density at radius 3 is 2.57 bits per heavy atom. The average Bonchev–Trinajstić information content (AvgIpc) is 2.50. The van der Waals surface area contributed by atoms with Crippen LogP contribution < -0.4 is 10.2 Å². The van der Waals surface area contributed by atoms with E-state index >= 15 is 0 Å². The van der Waals surface area contributed by atoms with Gasteiger partial charge in [0.05, 0.1) is 0 Å². The first-order valence-corrected chi connectivity index (χ1v) is 9.28. The third kappa shape index (κ3) is 5.00. The molecule has 2 nitrogen and oxygen atoms in total. The van der Waals surface area contributed by atoms with Gasteiger partial charge in [0.1, 0.15) is 0 Å². The zero-order chi connectivity index (χ0) is 15.1. The van der Waals surface area contributed by atoms with Gasteiger partial charge in [0, 0.05) is 29.8 Å². The van der Waals surface area contributed by atoms with Crippen LogP contribution in [0.3, 0.4) is 0 Å². The van der Waals surface area contributed by atoms with E-state index in [1.807, 2.05) is 0 Å². The fraction of sp³-hybridized carbons (Fsp3) is 0.667. The maximum absolute atomic E-state index is 3.74. The van der Waals surface area contributed by atoms with Crippen molar-refractivity contribution in [2.75, 3.05) is 24.5 Å². The molecule has 0 aliphatic carbocycles. The first-order chi connectivity index (χ1) is 10.2. The second-order valence-electron chi connectivity index (χ2n) is 6.17. The molecule has 0 aromatic heterocycles. The number of nitrogens with one attached hydrogen (secondary N) is 1. The number of hydrogen-bond donors (Lipinski definition) is 1. The summed E-state index contributed by atoms with van der Waals surface area (Å²) in [5.74, 6) is 0.951. The first kappa shape index (κ1) is 16.8. The molecule has 0 bridgehead atoms. The Kier molecular flexibility index (Phi) is 7.05. The number of hydrogen-bond acceptors (Lipinski definition) is 2. The van der Waals surface area contributed by atoms with Crippen molar-refractivity contribution in [3.8, 4) is 0 Å². The average molecular weight is 353 g/mol. The molecule has 21 heavy (non-hydrogen) atoms. The van der Waals surface area contributed by atoms with Crippen molar-refractivity contribution in [3.63, 3.8) is 0 Å². The van der Waals surface area contributed by atoms with Crippen molar-refractivity contribution in [1.82, 2.24) is 5.32 Å². The molecule has 3 heteroatoms. The SMILES string of the molecule is CCCNCc1ccc(N2CCC(CCC)CC2)cc1Br. The fourth-order valence-corrected chi connectivity index (χ4v) is 3.67. The van der Waals surface area contributed by atoms with E-state index in [0.717, 1.165) is 19.0 Å². The third-order valence-corrected chi connectivity index (χ3v) is 5.19. The molecule has 0 spiro atoms. The summed E-state index contributed by atoms with van der Waals surface area (Å²) in [5.41, 5.74) is 2.73. The molecule has 1 saturated heterocycles. The van der Waals surface area contributed by atoms with Gasteiger partial charge in [-0.15, -0.1) is 0 Å². The number of nitrogens with zero attached hydrogens (tertiary/aromatic N) is 1. The highest BCUT2D eigenvalue weighted by Crippen LogP contribution is 2.29. The molecule has 0 unspecified atom stereocenters. The highest BCUT2D eigenvalue weighted by molar-refractivity contribution is 9.10. The van der Waals surface area contributed by atoms with Gasteiger partial charge >= 0.3 is 0 Å². The Labute approximate surface area is 138 Å². The van der Waals surface area contributed by atoms with E-state index in [1.54, 1.807) is 0 Å². The quantitative estimate of drug-likeness (QED) is 0.697. The summed E-state index contributed by atoms with van der Waals surface area (Å²) < 4.78 is 1.24. The summed E-state index contributed by atoms with van der Waals surface area (Å²) in [4.78, 5) is 2.54. The number of anilines is 1. The molecule has 1 aliphatic heterocycles. The van der Waals surface area contributed by atoms with Crippen LogP contribution in [0.2, 0.25) is 0 Å². The van der Waals surface area contributed by atoms with Gasteiger partial charge in [0.15, 0.2) is 0 Å². The maximum atomic E-state index is 3.74. The normalized spacial score (nSPS) is 16.4. The zero-order valence-electron chi connectivity index (χ0n) is 13.5. The molecular weight excluding hydrogens is 324 g/mol. The van der Waals surface area contributed by atoms with Crippen LogP contribution in [0.25, 0.3) is 0 Å². The number of halogens is 1. The Bertz CT molecular complexity index is 425. The lowest BCUT2D eigenvalue weighted by Gasteiger charge is -2.33. The van der Waals surface area contributed by atoms with Gasteiger partial charge in [-0.25, -0.2) is 0 Å². The second-order valence-corrected chi connectivity index (χ2v) is 7.03. The summed E-state index contributed by atoms with van der Waals surface area (Å²) in [6.45, 7) is 8.96. The van der Waals surface area contributed by atoms with E-state index in [-0.39, 0.29) is 0 Å². The molecule has 1 aliphatic rings. The van der Waals surface area contributed by atoms with Gasteiger partial charge in [0.25, 0.3) is 0 Å². The molecule has 0 radical (unpaired) electrons. The zero-order valence-corrected chi connectivity index (χ0v) is 15.1. The molecule has 118 valence electrons. The molecular formula is C18H29BrN2. The Morgan fingerprint density at radius 1 is 1.19 bits per heavy atom. The minimum absolute atomic E-state index is 0.951. The van der Waals surface area contributed by atoms with Crippen molar-refractivity contribution in [2.24, 2.45) is 5.92 Å². The minimum Gasteiger partial charge on any atom is -0.371 e. The van der Waals surface area contributed by atoms with E-state index in [4.69, 9.17) is 0 Å². The van der Waals surface area contributed by atoms with E-state index in [1.165, 1.54) is 60.9 Å². The lowest BCUT2D eigenvalue weighted by Crippen LogP contribution is -2.33. The predicted octanol–water partition coefficient (Wildman–Crippen LogP) is 4.97. The van der Waals surface area contributed by atoms with Gasteiger partial charge in [-0.1, -0.05) is 48.7 Å². The summed E-state index contributed by atoms with van der Waals surface area (Å²) in [6, 6.07) is 6.84. The van der Waals surface area contributed by atoms with Crippen molar-refractivity contribution < 1.29 is 0 Å². The molecule has 1 heterocycles. The number of benzene rings is 1. The first-order valence-electron chi connectivity index (χ1n) is 8.48. The summed E-state index contributed by atoms with van der Waals surface area (Å²) >= 11 is 3.74. The van der Waals surface area contributed by atoms with Crippen LogP contribution in [0, 0.1) is 5.92 Å². The van der Waals surface area contributed by atoms with E-state index < -0.39 is 0 Å². The minimum atomic E-state index is 0.951. The molecule has 1 N–H and O–H groups in total. The Hall–Kier alpha value is -0.540. The topological polar surface area (TPSA) is 15.3 Å². The van der Waals surface area contributed by atoms with E-state index in [2.05, 4.69) is 58.2 Å². The maximum Gasteiger partial charge on any atom is 0.0377 e. The highest BCUT2D eigenvalue weighted by atomic mass is 79.9. The van der Waals surface area contributed by atoms with Gasteiger partial charge in [0.2, 0.25) is 0 Å². The monoisotopic (exact) mass is 352 g/mol. The standard InChI is InChI=1S/C18H29BrN2/c1-3-5-15-8-11-21(12-9-15)17-7-6-16(18(19)13-17)14-20-10-4-2/h6-7,13,15,20H,3-5,8-12,14H2,1-2H3. The molecule has 0 saturated carbocycles. The van der Waals surface area contributed by atoms with Crippen LogP contribution in [0.15, 0.2) is 22.7 Å². The predicted molar refractivity (Wildman–Crippen MR) is 96.0 cm³/mol. The molecule has 1 fully saturated rings. The Morgan fingerprint density at radius 2 is 1.95 bits per heavy atom. The summed E-state index contributed by atoms with van der Waals surface area (Å²) in [7, 11) is 0.